The smallest absolute Gasteiger partial charge is 0.309 e. The molecule has 0 aliphatic carbocycles. The maximum Gasteiger partial charge on any atom is 0.309 e. The minimum absolute atomic E-state index is 0.0117. The Hall–Kier alpha value is -0.610. The van der Waals surface area contributed by atoms with Gasteiger partial charge in [-0.3, -0.25) is 4.79 Å². The first-order valence-corrected chi connectivity index (χ1v) is 7.80. The molecule has 0 spiro atoms. The molecule has 0 radical (unpaired) electrons. The number of hydrogen-bond donors (Lipinski definition) is 0. The van der Waals surface area contributed by atoms with Crippen molar-refractivity contribution in [3.05, 3.63) is 0 Å². The van der Waals surface area contributed by atoms with Gasteiger partial charge in [-0.2, -0.15) is 0 Å². The van der Waals surface area contributed by atoms with Gasteiger partial charge >= 0.3 is 5.97 Å². The third-order valence-corrected chi connectivity index (χ3v) is 4.66. The molecule has 1 atom stereocenters. The van der Waals surface area contributed by atoms with E-state index in [9.17, 15) is 4.79 Å². The average Bonchev–Trinajstić information content (AvgIpc) is 2.83. The van der Waals surface area contributed by atoms with Gasteiger partial charge in [0.1, 0.15) is 0 Å². The molecule has 2 saturated heterocycles. The van der Waals surface area contributed by atoms with E-state index in [-0.39, 0.29) is 11.9 Å². The Morgan fingerprint density at radius 1 is 1.21 bits per heavy atom. The van der Waals surface area contributed by atoms with Gasteiger partial charge in [-0.15, -0.1) is 0 Å². The van der Waals surface area contributed by atoms with Crippen LogP contribution in [0.5, 0.6) is 0 Å². The summed E-state index contributed by atoms with van der Waals surface area (Å²) in [6.07, 6.45) is 5.93. The molecule has 4 nitrogen and oxygen atoms in total. The van der Waals surface area contributed by atoms with E-state index in [2.05, 4.69) is 16.8 Å². The lowest BCUT2D eigenvalue weighted by atomic mass is 9.96. The van der Waals surface area contributed by atoms with Crippen LogP contribution < -0.4 is 0 Å². The zero-order valence-electron chi connectivity index (χ0n) is 12.4. The Balaban J connectivity index is 1.64. The van der Waals surface area contributed by atoms with E-state index >= 15 is 0 Å². The molecule has 2 heterocycles. The van der Waals surface area contributed by atoms with Crippen LogP contribution in [0.25, 0.3) is 0 Å². The third-order valence-electron chi connectivity index (χ3n) is 4.66. The van der Waals surface area contributed by atoms with E-state index in [0.717, 1.165) is 32.0 Å². The van der Waals surface area contributed by atoms with Gasteiger partial charge in [-0.1, -0.05) is 0 Å². The zero-order valence-corrected chi connectivity index (χ0v) is 12.4. The Labute approximate surface area is 117 Å². The second-order valence-electron chi connectivity index (χ2n) is 5.93. The number of nitrogens with zero attached hydrogens (tertiary/aromatic N) is 2. The molecule has 2 rings (SSSR count). The number of carbonyl (C=O) groups is 1. The summed E-state index contributed by atoms with van der Waals surface area (Å²) in [6.45, 7) is 6.94. The molecule has 0 aromatic carbocycles. The first-order chi connectivity index (χ1) is 9.20. The van der Waals surface area contributed by atoms with Gasteiger partial charge in [0.15, 0.2) is 0 Å². The van der Waals surface area contributed by atoms with Gasteiger partial charge in [0.25, 0.3) is 0 Å². The summed E-state index contributed by atoms with van der Waals surface area (Å²) in [5.74, 6) is 0.156. The van der Waals surface area contributed by atoms with Crippen molar-refractivity contribution >= 4 is 5.97 Å². The maximum absolute atomic E-state index is 11.7. The summed E-state index contributed by atoms with van der Waals surface area (Å²) in [7, 11) is 2.24. The van der Waals surface area contributed by atoms with Gasteiger partial charge in [-0.25, -0.2) is 0 Å². The lowest BCUT2D eigenvalue weighted by molar-refractivity contribution is -0.149. The molecule has 0 aromatic rings. The van der Waals surface area contributed by atoms with Crippen molar-refractivity contribution in [1.82, 2.24) is 9.80 Å². The van der Waals surface area contributed by atoms with Crippen LogP contribution in [0.2, 0.25) is 0 Å². The predicted molar refractivity (Wildman–Crippen MR) is 76.1 cm³/mol. The van der Waals surface area contributed by atoms with Crippen LogP contribution >= 0.6 is 0 Å². The second kappa shape index (κ2) is 7.25. The zero-order chi connectivity index (χ0) is 13.7. The summed E-state index contributed by atoms with van der Waals surface area (Å²) in [5.41, 5.74) is 0. The highest BCUT2D eigenvalue weighted by Gasteiger charge is 2.27. The summed E-state index contributed by atoms with van der Waals surface area (Å²) >= 11 is 0. The van der Waals surface area contributed by atoms with Crippen LogP contribution in [0.4, 0.5) is 0 Å². The van der Waals surface area contributed by atoms with E-state index < -0.39 is 0 Å². The van der Waals surface area contributed by atoms with Gasteiger partial charge in [-0.05, 0) is 72.3 Å². The highest BCUT2D eigenvalue weighted by molar-refractivity contribution is 5.72. The van der Waals surface area contributed by atoms with Crippen molar-refractivity contribution in [2.75, 3.05) is 39.8 Å². The number of carbonyl (C=O) groups excluding carboxylic acids is 1. The molecule has 4 heteroatoms. The molecule has 19 heavy (non-hydrogen) atoms. The van der Waals surface area contributed by atoms with Crippen LogP contribution in [0.15, 0.2) is 0 Å². The fourth-order valence-corrected chi connectivity index (χ4v) is 3.33. The quantitative estimate of drug-likeness (QED) is 0.711. The van der Waals surface area contributed by atoms with Gasteiger partial charge in [0, 0.05) is 6.04 Å². The number of ether oxygens (including phenoxy) is 1. The van der Waals surface area contributed by atoms with Gasteiger partial charge in [0.2, 0.25) is 0 Å². The topological polar surface area (TPSA) is 32.8 Å². The second-order valence-corrected chi connectivity index (χ2v) is 5.93. The van der Waals surface area contributed by atoms with E-state index in [0.29, 0.717) is 6.61 Å². The Kier molecular flexibility index (Phi) is 5.64. The number of esters is 1. The molecular formula is C15H28N2O2. The van der Waals surface area contributed by atoms with Gasteiger partial charge in [0.05, 0.1) is 12.5 Å². The first kappa shape index (κ1) is 14.8. The fourth-order valence-electron chi connectivity index (χ4n) is 3.33. The summed E-state index contributed by atoms with van der Waals surface area (Å²) in [4.78, 5) is 16.7. The normalized spacial score (nSPS) is 26.7. The summed E-state index contributed by atoms with van der Waals surface area (Å²) in [5, 5.41) is 0. The predicted octanol–water partition coefficient (Wildman–Crippen LogP) is 1.75. The maximum atomic E-state index is 11.7. The molecule has 0 unspecified atom stereocenters. The lowest BCUT2D eigenvalue weighted by Crippen LogP contribution is -2.39. The molecular weight excluding hydrogens is 240 g/mol. The summed E-state index contributed by atoms with van der Waals surface area (Å²) < 4.78 is 5.11. The minimum atomic E-state index is 0.0117. The van der Waals surface area contributed by atoms with E-state index in [1.807, 2.05) is 6.92 Å². The molecule has 0 bridgehead atoms. The minimum Gasteiger partial charge on any atom is -0.466 e. The fraction of sp³-hybridized carbons (Fsp3) is 0.933. The van der Waals surface area contributed by atoms with Gasteiger partial charge < -0.3 is 14.5 Å². The molecule has 0 N–H and O–H groups in total. The Morgan fingerprint density at radius 3 is 2.53 bits per heavy atom. The molecule has 2 aliphatic heterocycles. The Bertz CT molecular complexity index is 288. The number of piperidine rings is 1. The highest BCUT2D eigenvalue weighted by Crippen LogP contribution is 2.21. The standard InChI is InChI=1S/C15H28N2O2/c1-3-19-15(18)13-6-10-17(11-7-13)12-8-14-5-4-9-16(14)2/h13-14H,3-12H2,1-2H3/t14-/m0/s1. The van der Waals surface area contributed by atoms with Crippen LogP contribution in [-0.2, 0) is 9.53 Å². The largest absolute Gasteiger partial charge is 0.466 e. The average molecular weight is 268 g/mol. The van der Waals surface area contributed by atoms with Crippen molar-refractivity contribution < 1.29 is 9.53 Å². The highest BCUT2D eigenvalue weighted by atomic mass is 16.5. The first-order valence-electron chi connectivity index (χ1n) is 7.80. The lowest BCUT2D eigenvalue weighted by Gasteiger charge is -2.32. The van der Waals surface area contributed by atoms with Crippen LogP contribution in [-0.4, -0.2) is 61.6 Å². The molecule has 0 amide bonds. The van der Waals surface area contributed by atoms with E-state index in [1.54, 1.807) is 0 Å². The van der Waals surface area contributed by atoms with Crippen molar-refractivity contribution in [1.29, 1.82) is 0 Å². The molecule has 0 saturated carbocycles. The SMILES string of the molecule is CCOC(=O)C1CCN(CC[C@@H]2CCCN2C)CC1. The molecule has 2 fully saturated rings. The molecule has 0 aromatic heterocycles. The van der Waals surface area contributed by atoms with E-state index in [4.69, 9.17) is 4.74 Å². The van der Waals surface area contributed by atoms with Crippen molar-refractivity contribution in [2.45, 2.75) is 45.1 Å². The molecule has 110 valence electrons. The van der Waals surface area contributed by atoms with Crippen LogP contribution in [0.3, 0.4) is 0 Å². The van der Waals surface area contributed by atoms with Crippen molar-refractivity contribution in [2.24, 2.45) is 5.92 Å². The number of rotatable bonds is 5. The van der Waals surface area contributed by atoms with Crippen LogP contribution in [0.1, 0.15) is 39.0 Å². The van der Waals surface area contributed by atoms with Crippen molar-refractivity contribution in [3.63, 3.8) is 0 Å². The Morgan fingerprint density at radius 2 is 1.95 bits per heavy atom. The monoisotopic (exact) mass is 268 g/mol. The number of hydrogen-bond acceptors (Lipinski definition) is 4. The van der Waals surface area contributed by atoms with Crippen LogP contribution in [0, 0.1) is 5.92 Å². The van der Waals surface area contributed by atoms with Crippen molar-refractivity contribution in [3.8, 4) is 0 Å². The number of likely N-dealkylation sites (tertiary alicyclic amines) is 2. The van der Waals surface area contributed by atoms with E-state index in [1.165, 1.54) is 32.4 Å². The third kappa shape index (κ3) is 4.18. The molecule has 2 aliphatic rings. The summed E-state index contributed by atoms with van der Waals surface area (Å²) in [6, 6.07) is 0.780.